The first-order valence-corrected chi connectivity index (χ1v) is 12.0. The number of fused-ring (bicyclic) bond motifs is 3. The summed E-state index contributed by atoms with van der Waals surface area (Å²) in [4.78, 5) is 26.8. The molecule has 1 unspecified atom stereocenters. The Balaban J connectivity index is 0.00000274. The van der Waals surface area contributed by atoms with Crippen molar-refractivity contribution in [3.63, 3.8) is 0 Å². The quantitative estimate of drug-likeness (QED) is 0.424. The number of amides is 2. The number of anilines is 1. The molecule has 2 atom stereocenters. The fraction of sp³-hybridized carbons (Fsp3) is 0.520. The van der Waals surface area contributed by atoms with Crippen molar-refractivity contribution in [1.29, 1.82) is 0 Å². The number of piperidine rings is 3. The zero-order valence-electron chi connectivity index (χ0n) is 19.1. The number of benzene rings is 1. The molecule has 9 heteroatoms. The Bertz CT molecular complexity index is 994. The van der Waals surface area contributed by atoms with Crippen molar-refractivity contribution in [2.24, 2.45) is 11.8 Å². The summed E-state index contributed by atoms with van der Waals surface area (Å²) >= 11 is 0. The highest BCUT2D eigenvalue weighted by molar-refractivity contribution is 5.83. The highest BCUT2D eigenvalue weighted by Crippen LogP contribution is 2.43. The Hall–Kier alpha value is -2.36. The summed E-state index contributed by atoms with van der Waals surface area (Å²) in [6.07, 6.45) is 6.37. The standard InChI is InChI=1S/C25H30N4O4.BrH/c30-23(25(32,20-9-4-5-10-20)19-7-2-1-3-8-19)33-21-17-29(15-12-18(21)13-16-29)24(31)27-22-11-6-14-26-28-22;/h1-3,6-8,11,14,18,20-21,32H,4-5,9-10,12-13,15-17H2;1H/t18?,21-,25?,29?;/m0./s1. The molecule has 2 N–H and O–H groups in total. The number of aliphatic hydroxyl groups is 1. The lowest BCUT2D eigenvalue weighted by Gasteiger charge is -2.49. The largest absolute Gasteiger partial charge is 1.00 e. The van der Waals surface area contributed by atoms with E-state index in [2.05, 4.69) is 15.5 Å². The lowest BCUT2D eigenvalue weighted by atomic mass is 9.79. The van der Waals surface area contributed by atoms with Crippen molar-refractivity contribution in [2.45, 2.75) is 50.2 Å². The van der Waals surface area contributed by atoms with Gasteiger partial charge in [-0.3, -0.25) is 5.32 Å². The maximum absolute atomic E-state index is 13.6. The lowest BCUT2D eigenvalue weighted by Crippen LogP contribution is -3.00. The van der Waals surface area contributed by atoms with Crippen molar-refractivity contribution in [3.05, 3.63) is 54.2 Å². The van der Waals surface area contributed by atoms with Gasteiger partial charge in [0.1, 0.15) is 6.54 Å². The highest BCUT2D eigenvalue weighted by Gasteiger charge is 2.55. The van der Waals surface area contributed by atoms with Crippen LogP contribution in [0.2, 0.25) is 0 Å². The number of carbonyl (C=O) groups excluding carboxylic acids is 2. The third kappa shape index (κ3) is 4.48. The fourth-order valence-electron chi connectivity index (χ4n) is 5.93. The van der Waals surface area contributed by atoms with E-state index in [1.807, 2.05) is 18.2 Å². The molecule has 1 aliphatic carbocycles. The van der Waals surface area contributed by atoms with Crippen molar-refractivity contribution in [3.8, 4) is 0 Å². The zero-order valence-corrected chi connectivity index (χ0v) is 20.7. The molecule has 34 heavy (non-hydrogen) atoms. The molecule has 2 bridgehead atoms. The number of hydrogen-bond acceptors (Lipinski definition) is 6. The van der Waals surface area contributed by atoms with E-state index >= 15 is 0 Å². The van der Waals surface area contributed by atoms with Gasteiger partial charge in [-0.05, 0) is 30.5 Å². The highest BCUT2D eigenvalue weighted by atomic mass is 79.9. The monoisotopic (exact) mass is 530 g/mol. The van der Waals surface area contributed by atoms with Crippen LogP contribution in [0.1, 0.15) is 44.1 Å². The maximum Gasteiger partial charge on any atom is 0.422 e. The Kier molecular flexibility index (Phi) is 7.35. The van der Waals surface area contributed by atoms with Gasteiger partial charge in [0.2, 0.25) is 0 Å². The van der Waals surface area contributed by atoms with E-state index in [1.54, 1.807) is 30.5 Å². The second-order valence-electron chi connectivity index (χ2n) is 9.71. The molecular weight excluding hydrogens is 500 g/mol. The van der Waals surface area contributed by atoms with Crippen LogP contribution in [0.3, 0.4) is 0 Å². The van der Waals surface area contributed by atoms with Crippen molar-refractivity contribution in [2.75, 3.05) is 25.0 Å². The summed E-state index contributed by atoms with van der Waals surface area (Å²) in [5.74, 6) is -0.110. The number of aromatic nitrogens is 2. The van der Waals surface area contributed by atoms with Crippen LogP contribution in [0.5, 0.6) is 0 Å². The Labute approximate surface area is 210 Å². The van der Waals surface area contributed by atoms with Gasteiger partial charge in [-0.2, -0.15) is 5.10 Å². The van der Waals surface area contributed by atoms with E-state index in [9.17, 15) is 14.7 Å². The van der Waals surface area contributed by atoms with Crippen LogP contribution in [-0.2, 0) is 15.1 Å². The second kappa shape index (κ2) is 10.1. The van der Waals surface area contributed by atoms with Gasteiger partial charge in [0.05, 0.1) is 13.1 Å². The molecule has 182 valence electrons. The first-order chi connectivity index (χ1) is 16.0. The minimum atomic E-state index is -1.66. The molecule has 1 saturated carbocycles. The Morgan fingerprint density at radius 2 is 1.74 bits per heavy atom. The molecule has 3 aliphatic heterocycles. The normalized spacial score (nSPS) is 27.9. The Morgan fingerprint density at radius 1 is 1.03 bits per heavy atom. The molecule has 1 aromatic heterocycles. The van der Waals surface area contributed by atoms with E-state index in [0.717, 1.165) is 38.5 Å². The summed E-state index contributed by atoms with van der Waals surface area (Å²) < 4.78 is 6.28. The third-order valence-electron chi connectivity index (χ3n) is 7.88. The van der Waals surface area contributed by atoms with Gasteiger partial charge in [-0.25, -0.2) is 14.1 Å². The zero-order chi connectivity index (χ0) is 22.9. The first-order valence-electron chi connectivity index (χ1n) is 12.0. The SMILES string of the molecule is O=C(O[C@H]1C[N+]2(C(=O)Nc3cccnn3)CCC1CC2)C(O)(c1ccccc1)C1CCCC1.[Br-]. The minimum Gasteiger partial charge on any atom is -1.00 e. The van der Waals surface area contributed by atoms with Crippen LogP contribution in [0.25, 0.3) is 0 Å². The van der Waals surface area contributed by atoms with E-state index in [1.165, 1.54) is 0 Å². The number of esters is 1. The molecule has 4 fully saturated rings. The molecule has 2 aromatic rings. The van der Waals surface area contributed by atoms with Crippen molar-refractivity contribution >= 4 is 17.8 Å². The van der Waals surface area contributed by atoms with Crippen LogP contribution in [0, 0.1) is 11.8 Å². The van der Waals surface area contributed by atoms with Gasteiger partial charge in [0.25, 0.3) is 0 Å². The summed E-state index contributed by atoms with van der Waals surface area (Å²) in [5, 5.41) is 22.4. The second-order valence-corrected chi connectivity index (χ2v) is 9.71. The molecule has 1 aromatic carbocycles. The van der Waals surface area contributed by atoms with Crippen LogP contribution < -0.4 is 22.3 Å². The average molecular weight is 531 g/mol. The summed E-state index contributed by atoms with van der Waals surface area (Å²) in [5.41, 5.74) is -1.07. The van der Waals surface area contributed by atoms with Gasteiger partial charge in [-0.15, -0.1) is 5.10 Å². The number of rotatable bonds is 5. The third-order valence-corrected chi connectivity index (χ3v) is 7.88. The van der Waals surface area contributed by atoms with Crippen LogP contribution in [-0.4, -0.2) is 57.5 Å². The molecule has 6 rings (SSSR count). The number of ether oxygens (including phenoxy) is 1. The number of urea groups is 1. The summed E-state index contributed by atoms with van der Waals surface area (Å²) in [6, 6.07) is 12.4. The predicted molar refractivity (Wildman–Crippen MR) is 121 cm³/mol. The fourth-order valence-corrected chi connectivity index (χ4v) is 5.93. The number of halogens is 1. The molecular formula is C25H31BrN4O4. The molecule has 2 amide bonds. The van der Waals surface area contributed by atoms with Gasteiger partial charge < -0.3 is 26.8 Å². The first kappa shape index (κ1) is 24.8. The summed E-state index contributed by atoms with van der Waals surface area (Å²) in [7, 11) is 0. The number of hydrogen-bond donors (Lipinski definition) is 2. The van der Waals surface area contributed by atoms with E-state index in [-0.39, 0.29) is 39.3 Å². The van der Waals surface area contributed by atoms with Gasteiger partial charge >= 0.3 is 12.0 Å². The maximum atomic E-state index is 13.6. The molecule has 4 aliphatic rings. The molecule has 0 radical (unpaired) electrons. The average Bonchev–Trinajstić information content (AvgIpc) is 3.41. The Morgan fingerprint density at radius 3 is 2.38 bits per heavy atom. The summed E-state index contributed by atoms with van der Waals surface area (Å²) in [6.45, 7) is 1.82. The number of quaternary nitrogens is 1. The molecule has 3 saturated heterocycles. The van der Waals surface area contributed by atoms with E-state index < -0.39 is 17.7 Å². The lowest BCUT2D eigenvalue weighted by molar-refractivity contribution is -0.869. The van der Waals surface area contributed by atoms with E-state index in [4.69, 9.17) is 4.74 Å². The topological polar surface area (TPSA) is 101 Å². The van der Waals surface area contributed by atoms with E-state index in [0.29, 0.717) is 31.0 Å². The molecule has 8 nitrogen and oxygen atoms in total. The minimum absolute atomic E-state index is 0. The van der Waals surface area contributed by atoms with Gasteiger partial charge in [-0.1, -0.05) is 43.2 Å². The predicted octanol–water partition coefficient (Wildman–Crippen LogP) is 0.243. The van der Waals surface area contributed by atoms with Gasteiger partial charge in [0, 0.05) is 30.9 Å². The molecule has 4 heterocycles. The number of nitrogens with zero attached hydrogens (tertiary/aromatic N) is 3. The number of nitrogens with one attached hydrogen (secondary N) is 1. The van der Waals surface area contributed by atoms with Crippen molar-refractivity contribution < 1.29 is 40.9 Å². The van der Waals surface area contributed by atoms with Crippen LogP contribution >= 0.6 is 0 Å². The van der Waals surface area contributed by atoms with Crippen LogP contribution in [0.15, 0.2) is 48.7 Å². The number of carbonyl (C=O) groups is 2. The smallest absolute Gasteiger partial charge is 0.422 e. The van der Waals surface area contributed by atoms with Crippen molar-refractivity contribution in [1.82, 2.24) is 10.2 Å². The molecule has 0 spiro atoms. The van der Waals surface area contributed by atoms with Crippen LogP contribution in [0.4, 0.5) is 10.6 Å². The van der Waals surface area contributed by atoms with Gasteiger partial charge in [0.15, 0.2) is 17.5 Å².